The lowest BCUT2D eigenvalue weighted by Crippen LogP contribution is -2.52. The van der Waals surface area contributed by atoms with Crippen LogP contribution in [0.4, 0.5) is 10.6 Å². The molecule has 146 valence electrons. The second kappa shape index (κ2) is 7.31. The van der Waals surface area contributed by atoms with Crippen molar-refractivity contribution in [1.29, 1.82) is 0 Å². The predicted molar refractivity (Wildman–Crippen MR) is 109 cm³/mol. The van der Waals surface area contributed by atoms with Crippen LogP contribution in [0, 0.1) is 0 Å². The lowest BCUT2D eigenvalue weighted by atomic mass is 10.2. The predicted octanol–water partition coefficient (Wildman–Crippen LogP) is 2.50. The van der Waals surface area contributed by atoms with Gasteiger partial charge in [0.25, 0.3) is 0 Å². The second-order valence-corrected chi connectivity index (χ2v) is 7.48. The summed E-state index contributed by atoms with van der Waals surface area (Å²) in [4.78, 5) is 21.6. The Morgan fingerprint density at radius 3 is 2.75 bits per heavy atom. The molecule has 2 amide bonds. The largest absolute Gasteiger partial charge is 0.376 e. The van der Waals surface area contributed by atoms with Gasteiger partial charge in [-0.1, -0.05) is 12.1 Å². The standard InChI is InChI=1S/C21H25N5O2/c27-21(22-15-16-5-4-14-28-16)25-12-10-24(11-13-25)20-19-8-3-9-26(19)18-7-2-1-6-17(18)23-20/h1-3,6-9,16H,4-5,10-15H2,(H,22,27)/t16-/m0/s1. The van der Waals surface area contributed by atoms with Gasteiger partial charge in [0.1, 0.15) is 0 Å². The number of aromatic nitrogens is 2. The van der Waals surface area contributed by atoms with Gasteiger partial charge in [0.05, 0.1) is 22.7 Å². The molecule has 0 aliphatic carbocycles. The molecule has 0 saturated carbocycles. The van der Waals surface area contributed by atoms with Crippen molar-refractivity contribution < 1.29 is 9.53 Å². The van der Waals surface area contributed by atoms with Crippen LogP contribution in [0.25, 0.3) is 16.6 Å². The van der Waals surface area contributed by atoms with Crippen molar-refractivity contribution in [3.63, 3.8) is 0 Å². The number of hydrogen-bond donors (Lipinski definition) is 1. The average Bonchev–Trinajstić information content (AvgIpc) is 3.43. The van der Waals surface area contributed by atoms with Crippen LogP contribution < -0.4 is 10.2 Å². The molecule has 0 radical (unpaired) electrons. The monoisotopic (exact) mass is 379 g/mol. The van der Waals surface area contributed by atoms with Crippen molar-refractivity contribution in [2.45, 2.75) is 18.9 Å². The Kier molecular flexibility index (Phi) is 4.52. The Balaban J connectivity index is 1.28. The van der Waals surface area contributed by atoms with Crippen LogP contribution in [0.15, 0.2) is 42.6 Å². The summed E-state index contributed by atoms with van der Waals surface area (Å²) in [5.41, 5.74) is 3.20. The third-order valence-corrected chi connectivity index (χ3v) is 5.72. The van der Waals surface area contributed by atoms with Crippen molar-refractivity contribution in [2.75, 3.05) is 44.2 Å². The molecule has 7 nitrogen and oxygen atoms in total. The summed E-state index contributed by atoms with van der Waals surface area (Å²) in [5, 5.41) is 3.02. The maximum atomic E-state index is 12.5. The molecule has 28 heavy (non-hydrogen) atoms. The molecule has 2 saturated heterocycles. The van der Waals surface area contributed by atoms with Crippen LogP contribution in [0.3, 0.4) is 0 Å². The number of nitrogens with zero attached hydrogens (tertiary/aromatic N) is 4. The highest BCUT2D eigenvalue weighted by Crippen LogP contribution is 2.26. The summed E-state index contributed by atoms with van der Waals surface area (Å²) in [5.74, 6) is 0.989. The van der Waals surface area contributed by atoms with E-state index in [2.05, 4.69) is 39.0 Å². The van der Waals surface area contributed by atoms with Gasteiger partial charge in [0.2, 0.25) is 0 Å². The number of anilines is 1. The topological polar surface area (TPSA) is 62.1 Å². The molecule has 3 aromatic rings. The molecule has 2 aliphatic rings. The smallest absolute Gasteiger partial charge is 0.317 e. The van der Waals surface area contributed by atoms with Crippen molar-refractivity contribution in [3.05, 3.63) is 42.6 Å². The average molecular weight is 379 g/mol. The van der Waals surface area contributed by atoms with E-state index in [0.717, 1.165) is 54.9 Å². The van der Waals surface area contributed by atoms with E-state index in [-0.39, 0.29) is 12.1 Å². The van der Waals surface area contributed by atoms with Crippen LogP contribution in [0.1, 0.15) is 12.8 Å². The van der Waals surface area contributed by atoms with E-state index in [1.54, 1.807) is 0 Å². The highest BCUT2D eigenvalue weighted by molar-refractivity contribution is 5.85. The van der Waals surface area contributed by atoms with Gasteiger partial charge in [-0.05, 0) is 37.1 Å². The number of fused-ring (bicyclic) bond motifs is 3. The Labute approximate surface area is 163 Å². The number of amides is 2. The number of ether oxygens (including phenoxy) is 1. The highest BCUT2D eigenvalue weighted by atomic mass is 16.5. The molecule has 1 atom stereocenters. The third kappa shape index (κ3) is 3.16. The first-order valence-corrected chi connectivity index (χ1v) is 10.0. The maximum absolute atomic E-state index is 12.5. The zero-order valence-corrected chi connectivity index (χ0v) is 15.9. The van der Waals surface area contributed by atoms with Crippen LogP contribution in [-0.2, 0) is 4.74 Å². The highest BCUT2D eigenvalue weighted by Gasteiger charge is 2.25. The van der Waals surface area contributed by atoms with Crippen LogP contribution in [-0.4, -0.2) is 65.8 Å². The fourth-order valence-electron chi connectivity index (χ4n) is 4.18. The van der Waals surface area contributed by atoms with Gasteiger partial charge in [0, 0.05) is 45.5 Å². The minimum atomic E-state index is 0.00875. The van der Waals surface area contributed by atoms with E-state index in [4.69, 9.17) is 9.72 Å². The molecule has 0 unspecified atom stereocenters. The fraction of sp³-hybridized carbons (Fsp3) is 0.429. The second-order valence-electron chi connectivity index (χ2n) is 7.48. The lowest BCUT2D eigenvalue weighted by Gasteiger charge is -2.36. The zero-order valence-electron chi connectivity index (χ0n) is 15.9. The first-order chi connectivity index (χ1) is 13.8. The summed E-state index contributed by atoms with van der Waals surface area (Å²) >= 11 is 0. The maximum Gasteiger partial charge on any atom is 0.317 e. The van der Waals surface area contributed by atoms with Crippen molar-refractivity contribution >= 4 is 28.4 Å². The minimum Gasteiger partial charge on any atom is -0.376 e. The van der Waals surface area contributed by atoms with Crippen LogP contribution >= 0.6 is 0 Å². The molecule has 1 aromatic carbocycles. The Bertz CT molecular complexity index is 987. The number of piperazine rings is 1. The number of para-hydroxylation sites is 2. The summed E-state index contributed by atoms with van der Waals surface area (Å²) in [6.07, 6.45) is 4.38. The van der Waals surface area contributed by atoms with Gasteiger partial charge in [-0.15, -0.1) is 0 Å². The summed E-state index contributed by atoms with van der Waals surface area (Å²) in [6.45, 7) is 4.36. The molecular formula is C21H25N5O2. The van der Waals surface area contributed by atoms with Gasteiger partial charge in [-0.25, -0.2) is 9.78 Å². The zero-order chi connectivity index (χ0) is 18.9. The molecule has 1 N–H and O–H groups in total. The fourth-order valence-corrected chi connectivity index (χ4v) is 4.18. The van der Waals surface area contributed by atoms with Gasteiger partial charge >= 0.3 is 6.03 Å². The van der Waals surface area contributed by atoms with E-state index in [9.17, 15) is 4.79 Å². The first-order valence-electron chi connectivity index (χ1n) is 10.0. The van der Waals surface area contributed by atoms with Crippen molar-refractivity contribution in [2.24, 2.45) is 0 Å². The number of urea groups is 1. The number of carbonyl (C=O) groups excluding carboxylic acids is 1. The Morgan fingerprint density at radius 2 is 1.93 bits per heavy atom. The molecule has 2 fully saturated rings. The third-order valence-electron chi connectivity index (χ3n) is 5.72. The number of carbonyl (C=O) groups is 1. The normalized spacial score (nSPS) is 20.2. The number of benzene rings is 1. The number of rotatable bonds is 3. The molecule has 2 aromatic heterocycles. The van der Waals surface area contributed by atoms with E-state index in [0.29, 0.717) is 19.6 Å². The van der Waals surface area contributed by atoms with E-state index < -0.39 is 0 Å². The van der Waals surface area contributed by atoms with Crippen LogP contribution in [0.5, 0.6) is 0 Å². The summed E-state index contributed by atoms with van der Waals surface area (Å²) in [6, 6.07) is 12.4. The Hall–Kier alpha value is -2.80. The van der Waals surface area contributed by atoms with E-state index in [1.165, 1.54) is 0 Å². The first kappa shape index (κ1) is 17.3. The molecule has 0 bridgehead atoms. The van der Waals surface area contributed by atoms with Gasteiger partial charge in [0.15, 0.2) is 5.82 Å². The minimum absolute atomic E-state index is 0.00875. The van der Waals surface area contributed by atoms with Gasteiger partial charge in [-0.3, -0.25) is 0 Å². The van der Waals surface area contributed by atoms with Crippen molar-refractivity contribution in [1.82, 2.24) is 19.6 Å². The molecule has 0 spiro atoms. The quantitative estimate of drug-likeness (QED) is 0.760. The van der Waals surface area contributed by atoms with E-state index in [1.807, 2.05) is 23.1 Å². The SMILES string of the molecule is O=C(NC[C@@H]1CCCO1)N1CCN(c2nc3ccccc3n3cccc23)CC1. The van der Waals surface area contributed by atoms with Crippen molar-refractivity contribution in [3.8, 4) is 0 Å². The number of hydrogen-bond acceptors (Lipinski definition) is 4. The Morgan fingerprint density at radius 1 is 1.11 bits per heavy atom. The molecular weight excluding hydrogens is 354 g/mol. The summed E-state index contributed by atoms with van der Waals surface area (Å²) < 4.78 is 7.77. The molecule has 4 heterocycles. The number of nitrogens with one attached hydrogen (secondary N) is 1. The molecule has 5 rings (SSSR count). The van der Waals surface area contributed by atoms with Gasteiger partial charge < -0.3 is 24.3 Å². The molecule has 7 heteroatoms. The van der Waals surface area contributed by atoms with Crippen LogP contribution in [0.2, 0.25) is 0 Å². The lowest BCUT2D eigenvalue weighted by molar-refractivity contribution is 0.108. The van der Waals surface area contributed by atoms with E-state index >= 15 is 0 Å². The van der Waals surface area contributed by atoms with Gasteiger partial charge in [-0.2, -0.15) is 0 Å². The molecule has 2 aliphatic heterocycles. The summed E-state index contributed by atoms with van der Waals surface area (Å²) in [7, 11) is 0.